The van der Waals surface area contributed by atoms with Crippen LogP contribution in [0.25, 0.3) is 0 Å². The lowest BCUT2D eigenvalue weighted by Crippen LogP contribution is -2.46. The summed E-state index contributed by atoms with van der Waals surface area (Å²) in [6.45, 7) is 2.21. The van der Waals surface area contributed by atoms with Crippen molar-refractivity contribution in [2.45, 2.75) is 44.6 Å². The Kier molecular flexibility index (Phi) is 4.02. The highest BCUT2D eigenvalue weighted by Crippen LogP contribution is 2.44. The van der Waals surface area contributed by atoms with Crippen molar-refractivity contribution < 1.29 is 0 Å². The van der Waals surface area contributed by atoms with Crippen LogP contribution in [-0.2, 0) is 5.54 Å². The fraction of sp³-hybridized carbons (Fsp3) is 0.571. The SMILES string of the molecule is CCC1CCCCC1(N)c1ccc(Cl)cc1Cl. The number of benzene rings is 1. The van der Waals surface area contributed by atoms with Gasteiger partial charge in [0, 0.05) is 15.6 Å². The van der Waals surface area contributed by atoms with Crippen LogP contribution in [0.5, 0.6) is 0 Å². The van der Waals surface area contributed by atoms with Gasteiger partial charge in [-0.25, -0.2) is 0 Å². The average molecular weight is 272 g/mol. The van der Waals surface area contributed by atoms with Gasteiger partial charge in [0.15, 0.2) is 0 Å². The molecule has 0 aromatic heterocycles. The first-order valence-corrected chi connectivity index (χ1v) is 7.08. The predicted molar refractivity (Wildman–Crippen MR) is 74.6 cm³/mol. The Balaban J connectivity index is 2.41. The van der Waals surface area contributed by atoms with Gasteiger partial charge in [0.2, 0.25) is 0 Å². The molecule has 0 heterocycles. The summed E-state index contributed by atoms with van der Waals surface area (Å²) >= 11 is 12.3. The van der Waals surface area contributed by atoms with Crippen LogP contribution in [0.1, 0.15) is 44.6 Å². The van der Waals surface area contributed by atoms with E-state index in [0.717, 1.165) is 18.4 Å². The Morgan fingerprint density at radius 3 is 2.76 bits per heavy atom. The van der Waals surface area contributed by atoms with Gasteiger partial charge in [0.25, 0.3) is 0 Å². The van der Waals surface area contributed by atoms with E-state index in [0.29, 0.717) is 16.0 Å². The van der Waals surface area contributed by atoms with Gasteiger partial charge in [0.1, 0.15) is 0 Å². The summed E-state index contributed by atoms with van der Waals surface area (Å²) in [6.07, 6.45) is 5.79. The Bertz CT molecular complexity index is 405. The fourth-order valence-corrected chi connectivity index (χ4v) is 3.64. The van der Waals surface area contributed by atoms with E-state index in [2.05, 4.69) is 6.92 Å². The molecule has 1 aliphatic rings. The number of nitrogens with two attached hydrogens (primary N) is 1. The summed E-state index contributed by atoms with van der Waals surface area (Å²) in [6, 6.07) is 5.69. The van der Waals surface area contributed by atoms with E-state index in [-0.39, 0.29) is 5.54 Å². The first-order valence-electron chi connectivity index (χ1n) is 6.32. The number of rotatable bonds is 2. The standard InChI is InChI=1S/C14H19Cl2N/c1-2-10-5-3-4-8-14(10,17)12-7-6-11(15)9-13(12)16/h6-7,9-10H,2-5,8,17H2,1H3. The van der Waals surface area contributed by atoms with Crippen LogP contribution in [0.4, 0.5) is 0 Å². The maximum atomic E-state index is 6.66. The Hall–Kier alpha value is -0.240. The van der Waals surface area contributed by atoms with E-state index in [1.165, 1.54) is 19.3 Å². The van der Waals surface area contributed by atoms with E-state index in [1.54, 1.807) is 6.07 Å². The van der Waals surface area contributed by atoms with Gasteiger partial charge in [-0.3, -0.25) is 0 Å². The van der Waals surface area contributed by atoms with Crippen LogP contribution >= 0.6 is 23.2 Å². The van der Waals surface area contributed by atoms with E-state index >= 15 is 0 Å². The number of halogens is 2. The zero-order chi connectivity index (χ0) is 12.5. The van der Waals surface area contributed by atoms with Crippen molar-refractivity contribution in [2.75, 3.05) is 0 Å². The lowest BCUT2D eigenvalue weighted by atomic mass is 9.68. The minimum absolute atomic E-state index is 0.269. The van der Waals surface area contributed by atoms with Gasteiger partial charge in [0.05, 0.1) is 0 Å². The summed E-state index contributed by atoms with van der Waals surface area (Å²) in [4.78, 5) is 0. The summed E-state index contributed by atoms with van der Waals surface area (Å²) in [5, 5.41) is 1.38. The smallest absolute Gasteiger partial charge is 0.0471 e. The van der Waals surface area contributed by atoms with Crippen molar-refractivity contribution in [1.29, 1.82) is 0 Å². The molecule has 0 radical (unpaired) electrons. The Labute approximate surface area is 113 Å². The largest absolute Gasteiger partial charge is 0.321 e. The molecule has 17 heavy (non-hydrogen) atoms. The molecule has 1 nitrogen and oxygen atoms in total. The lowest BCUT2D eigenvalue weighted by Gasteiger charge is -2.42. The molecule has 1 fully saturated rings. The molecule has 1 aromatic rings. The molecule has 2 N–H and O–H groups in total. The second-order valence-corrected chi connectivity index (χ2v) is 5.86. The molecule has 0 saturated heterocycles. The van der Waals surface area contributed by atoms with Crippen LogP contribution in [0.3, 0.4) is 0 Å². The molecule has 1 aromatic carbocycles. The number of hydrogen-bond donors (Lipinski definition) is 1. The van der Waals surface area contributed by atoms with Gasteiger partial charge < -0.3 is 5.73 Å². The van der Waals surface area contributed by atoms with E-state index in [1.807, 2.05) is 12.1 Å². The van der Waals surface area contributed by atoms with Crippen LogP contribution in [-0.4, -0.2) is 0 Å². The van der Waals surface area contributed by atoms with Crippen LogP contribution < -0.4 is 5.73 Å². The fourth-order valence-electron chi connectivity index (χ4n) is 3.06. The highest BCUT2D eigenvalue weighted by Gasteiger charge is 2.38. The van der Waals surface area contributed by atoms with Crippen molar-refractivity contribution in [3.8, 4) is 0 Å². The topological polar surface area (TPSA) is 26.0 Å². The molecule has 2 atom stereocenters. The molecule has 94 valence electrons. The molecule has 3 heteroatoms. The van der Waals surface area contributed by atoms with Crippen LogP contribution in [0.15, 0.2) is 18.2 Å². The van der Waals surface area contributed by atoms with Gasteiger partial charge in [-0.1, -0.05) is 55.5 Å². The van der Waals surface area contributed by atoms with Crippen LogP contribution in [0.2, 0.25) is 10.0 Å². The molecular weight excluding hydrogens is 253 g/mol. The Morgan fingerprint density at radius 2 is 2.12 bits per heavy atom. The predicted octanol–water partition coefficient (Wildman–Crippen LogP) is 4.75. The third-order valence-electron chi connectivity index (χ3n) is 4.05. The van der Waals surface area contributed by atoms with Gasteiger partial charge in [-0.2, -0.15) is 0 Å². The van der Waals surface area contributed by atoms with Crippen molar-refractivity contribution in [2.24, 2.45) is 11.7 Å². The second-order valence-electron chi connectivity index (χ2n) is 5.02. The molecular formula is C14H19Cl2N. The summed E-state index contributed by atoms with van der Waals surface area (Å²) in [5.74, 6) is 0.523. The zero-order valence-corrected chi connectivity index (χ0v) is 11.7. The quantitative estimate of drug-likeness (QED) is 0.826. The van der Waals surface area contributed by atoms with E-state index in [4.69, 9.17) is 28.9 Å². The first kappa shape index (κ1) is 13.2. The molecule has 2 rings (SSSR count). The first-order chi connectivity index (χ1) is 8.08. The zero-order valence-electron chi connectivity index (χ0n) is 10.2. The minimum Gasteiger partial charge on any atom is -0.321 e. The van der Waals surface area contributed by atoms with E-state index < -0.39 is 0 Å². The molecule has 1 aliphatic carbocycles. The van der Waals surface area contributed by atoms with Crippen LogP contribution in [0, 0.1) is 5.92 Å². The normalized spacial score (nSPS) is 29.3. The van der Waals surface area contributed by atoms with Crippen molar-refractivity contribution >= 4 is 23.2 Å². The monoisotopic (exact) mass is 271 g/mol. The maximum absolute atomic E-state index is 6.66. The van der Waals surface area contributed by atoms with E-state index in [9.17, 15) is 0 Å². The molecule has 0 aliphatic heterocycles. The average Bonchev–Trinajstić information content (AvgIpc) is 2.29. The molecule has 0 bridgehead atoms. The third kappa shape index (κ3) is 2.47. The Morgan fingerprint density at radius 1 is 1.35 bits per heavy atom. The van der Waals surface area contributed by atoms with Gasteiger partial charge in [-0.15, -0.1) is 0 Å². The summed E-state index contributed by atoms with van der Waals surface area (Å²) in [7, 11) is 0. The number of hydrogen-bond acceptors (Lipinski definition) is 1. The molecule has 2 unspecified atom stereocenters. The van der Waals surface area contributed by atoms with Gasteiger partial charge in [-0.05, 0) is 36.5 Å². The highest BCUT2D eigenvalue weighted by molar-refractivity contribution is 6.35. The second kappa shape index (κ2) is 5.17. The third-order valence-corrected chi connectivity index (χ3v) is 4.59. The molecule has 0 amide bonds. The minimum atomic E-state index is -0.269. The lowest BCUT2D eigenvalue weighted by molar-refractivity contribution is 0.184. The van der Waals surface area contributed by atoms with Crippen molar-refractivity contribution in [3.05, 3.63) is 33.8 Å². The van der Waals surface area contributed by atoms with Crippen molar-refractivity contribution in [1.82, 2.24) is 0 Å². The molecule has 0 spiro atoms. The maximum Gasteiger partial charge on any atom is 0.0471 e. The highest BCUT2D eigenvalue weighted by atomic mass is 35.5. The van der Waals surface area contributed by atoms with Crippen molar-refractivity contribution in [3.63, 3.8) is 0 Å². The molecule has 1 saturated carbocycles. The van der Waals surface area contributed by atoms with Gasteiger partial charge >= 0.3 is 0 Å². The summed E-state index contributed by atoms with van der Waals surface area (Å²) in [5.41, 5.74) is 7.45. The summed E-state index contributed by atoms with van der Waals surface area (Å²) < 4.78 is 0.